The van der Waals surface area contributed by atoms with Crippen LogP contribution in [-0.2, 0) is 9.53 Å². The molecule has 1 aromatic rings. The lowest BCUT2D eigenvalue weighted by atomic mass is 10.1. The maximum absolute atomic E-state index is 12.6. The normalized spacial score (nSPS) is 14.7. The fourth-order valence-corrected chi connectivity index (χ4v) is 2.98. The molecule has 2 rings (SSSR count). The molecule has 0 atom stereocenters. The van der Waals surface area contributed by atoms with Crippen LogP contribution in [0.25, 0.3) is 0 Å². The monoisotopic (exact) mass is 393 g/mol. The van der Waals surface area contributed by atoms with Crippen LogP contribution >= 0.6 is 12.6 Å². The van der Waals surface area contributed by atoms with Gasteiger partial charge in [-0.15, -0.1) is 12.6 Å². The van der Waals surface area contributed by atoms with Crippen molar-refractivity contribution in [3.63, 3.8) is 0 Å². The third-order valence-corrected chi connectivity index (χ3v) is 4.45. The van der Waals surface area contributed by atoms with Gasteiger partial charge in [0.15, 0.2) is 0 Å². The average molecular weight is 394 g/mol. The predicted octanol–water partition coefficient (Wildman–Crippen LogP) is 2.17. The first-order valence-corrected chi connectivity index (χ1v) is 9.44. The number of piperazine rings is 1. The van der Waals surface area contributed by atoms with Crippen molar-refractivity contribution < 1.29 is 19.1 Å². The van der Waals surface area contributed by atoms with Crippen molar-refractivity contribution in [1.82, 2.24) is 15.1 Å². The van der Waals surface area contributed by atoms with Gasteiger partial charge in [0.1, 0.15) is 5.60 Å². The van der Waals surface area contributed by atoms with E-state index < -0.39 is 11.7 Å². The third-order valence-electron chi connectivity index (χ3n) is 4.06. The zero-order valence-electron chi connectivity index (χ0n) is 16.0. The van der Waals surface area contributed by atoms with Gasteiger partial charge in [0.05, 0.1) is 5.56 Å². The van der Waals surface area contributed by atoms with Crippen molar-refractivity contribution in [1.29, 1.82) is 0 Å². The van der Waals surface area contributed by atoms with Crippen molar-refractivity contribution in [3.8, 4) is 0 Å². The highest BCUT2D eigenvalue weighted by Crippen LogP contribution is 2.16. The molecule has 1 aromatic carbocycles. The molecule has 0 unspecified atom stereocenters. The quantitative estimate of drug-likeness (QED) is 0.769. The van der Waals surface area contributed by atoms with Crippen LogP contribution in [0.4, 0.5) is 4.79 Å². The van der Waals surface area contributed by atoms with Crippen LogP contribution in [-0.4, -0.2) is 66.0 Å². The molecule has 1 N–H and O–H groups in total. The van der Waals surface area contributed by atoms with Crippen molar-refractivity contribution in [2.75, 3.05) is 32.7 Å². The fraction of sp³-hybridized carbons (Fsp3) is 0.526. The molecular weight excluding hydrogens is 366 g/mol. The Labute approximate surface area is 165 Å². The zero-order valence-corrected chi connectivity index (χ0v) is 16.9. The van der Waals surface area contributed by atoms with Gasteiger partial charge in [-0.2, -0.15) is 0 Å². The Balaban J connectivity index is 1.75. The summed E-state index contributed by atoms with van der Waals surface area (Å²) in [5.41, 5.74) is 0.00458. The second-order valence-electron chi connectivity index (χ2n) is 7.37. The van der Waals surface area contributed by atoms with Crippen molar-refractivity contribution in [2.24, 2.45) is 0 Å². The maximum atomic E-state index is 12.6. The minimum atomic E-state index is -0.567. The number of hydrogen-bond donors (Lipinski definition) is 2. The van der Waals surface area contributed by atoms with Gasteiger partial charge in [0.25, 0.3) is 5.91 Å². The summed E-state index contributed by atoms with van der Waals surface area (Å²) in [4.78, 5) is 40.5. The Morgan fingerprint density at radius 1 is 1.07 bits per heavy atom. The van der Waals surface area contributed by atoms with Crippen LogP contribution in [0.15, 0.2) is 29.2 Å². The first-order valence-electron chi connectivity index (χ1n) is 8.99. The molecule has 0 spiro atoms. The second kappa shape index (κ2) is 9.12. The van der Waals surface area contributed by atoms with Gasteiger partial charge in [-0.1, -0.05) is 12.1 Å². The van der Waals surface area contributed by atoms with E-state index >= 15 is 0 Å². The molecule has 0 aliphatic carbocycles. The van der Waals surface area contributed by atoms with Gasteiger partial charge < -0.3 is 19.9 Å². The first-order chi connectivity index (χ1) is 12.7. The lowest BCUT2D eigenvalue weighted by molar-refractivity contribution is -0.132. The second-order valence-corrected chi connectivity index (χ2v) is 7.85. The minimum Gasteiger partial charge on any atom is -0.444 e. The van der Waals surface area contributed by atoms with E-state index in [2.05, 4.69) is 17.9 Å². The highest BCUT2D eigenvalue weighted by molar-refractivity contribution is 7.80. The number of alkyl carbamates (subject to hydrolysis) is 1. The molecule has 1 saturated heterocycles. The van der Waals surface area contributed by atoms with E-state index in [4.69, 9.17) is 4.74 Å². The summed E-state index contributed by atoms with van der Waals surface area (Å²) in [7, 11) is 0. The standard InChI is InChI=1S/C19H27N3O4S/c1-19(2,3)26-18(25)20-9-8-16(23)21-10-12-22(13-11-21)17(24)14-6-4-5-7-15(14)27/h4-7,27H,8-13H2,1-3H3,(H,20,25). The number of amides is 3. The number of nitrogens with zero attached hydrogens (tertiary/aromatic N) is 2. The van der Waals surface area contributed by atoms with E-state index in [1.807, 2.05) is 12.1 Å². The number of carbonyl (C=O) groups excluding carboxylic acids is 3. The van der Waals surface area contributed by atoms with Gasteiger partial charge in [-0.25, -0.2) is 4.79 Å². The maximum Gasteiger partial charge on any atom is 0.407 e. The van der Waals surface area contributed by atoms with Crippen LogP contribution in [0, 0.1) is 0 Å². The Kier molecular flexibility index (Phi) is 7.12. The van der Waals surface area contributed by atoms with Crippen LogP contribution in [0.2, 0.25) is 0 Å². The van der Waals surface area contributed by atoms with E-state index in [1.54, 1.807) is 42.7 Å². The molecule has 1 aliphatic rings. The van der Waals surface area contributed by atoms with E-state index in [-0.39, 0.29) is 24.8 Å². The summed E-state index contributed by atoms with van der Waals surface area (Å²) < 4.78 is 5.13. The lowest BCUT2D eigenvalue weighted by Crippen LogP contribution is -2.51. The molecule has 0 aromatic heterocycles. The van der Waals surface area contributed by atoms with Gasteiger partial charge in [0, 0.05) is 44.0 Å². The molecule has 1 aliphatic heterocycles. The van der Waals surface area contributed by atoms with Gasteiger partial charge in [0.2, 0.25) is 5.91 Å². The van der Waals surface area contributed by atoms with Gasteiger partial charge in [-0.3, -0.25) is 9.59 Å². The molecule has 0 saturated carbocycles. The Bertz CT molecular complexity index is 694. The largest absolute Gasteiger partial charge is 0.444 e. The molecule has 7 nitrogen and oxygen atoms in total. The molecule has 3 amide bonds. The van der Waals surface area contributed by atoms with Gasteiger partial charge >= 0.3 is 6.09 Å². The van der Waals surface area contributed by atoms with Crippen molar-refractivity contribution >= 4 is 30.5 Å². The topological polar surface area (TPSA) is 79.0 Å². The average Bonchev–Trinajstić information content (AvgIpc) is 2.60. The number of hydrogen-bond acceptors (Lipinski definition) is 5. The van der Waals surface area contributed by atoms with Crippen molar-refractivity contribution in [2.45, 2.75) is 37.7 Å². The molecule has 1 fully saturated rings. The molecule has 1 heterocycles. The Hall–Kier alpha value is -2.22. The molecule has 27 heavy (non-hydrogen) atoms. The first kappa shape index (κ1) is 21.1. The zero-order chi connectivity index (χ0) is 20.0. The minimum absolute atomic E-state index is 0.0484. The summed E-state index contributed by atoms with van der Waals surface area (Å²) >= 11 is 4.33. The molecular formula is C19H27N3O4S. The number of ether oxygens (including phenoxy) is 1. The van der Waals surface area contributed by atoms with Crippen molar-refractivity contribution in [3.05, 3.63) is 29.8 Å². The van der Waals surface area contributed by atoms with E-state index in [1.165, 1.54) is 0 Å². The molecule has 0 radical (unpaired) electrons. The van der Waals surface area contributed by atoms with E-state index in [0.29, 0.717) is 36.6 Å². The number of nitrogens with one attached hydrogen (secondary N) is 1. The van der Waals surface area contributed by atoms with Gasteiger partial charge in [-0.05, 0) is 32.9 Å². The van der Waals surface area contributed by atoms with Crippen LogP contribution in [0.5, 0.6) is 0 Å². The smallest absolute Gasteiger partial charge is 0.407 e. The summed E-state index contributed by atoms with van der Waals surface area (Å²) in [6, 6.07) is 7.18. The van der Waals surface area contributed by atoms with Crippen LogP contribution in [0.1, 0.15) is 37.6 Å². The predicted molar refractivity (Wildman–Crippen MR) is 105 cm³/mol. The van der Waals surface area contributed by atoms with Crippen LogP contribution < -0.4 is 5.32 Å². The van der Waals surface area contributed by atoms with E-state index in [9.17, 15) is 14.4 Å². The molecule has 0 bridgehead atoms. The fourth-order valence-electron chi connectivity index (χ4n) is 2.73. The highest BCUT2D eigenvalue weighted by Gasteiger charge is 2.25. The summed E-state index contributed by atoms with van der Waals surface area (Å²) in [6.45, 7) is 7.48. The highest BCUT2D eigenvalue weighted by atomic mass is 32.1. The summed E-state index contributed by atoms with van der Waals surface area (Å²) in [5, 5.41) is 2.58. The Morgan fingerprint density at radius 2 is 1.67 bits per heavy atom. The van der Waals surface area contributed by atoms with E-state index in [0.717, 1.165) is 0 Å². The lowest BCUT2D eigenvalue weighted by Gasteiger charge is -2.35. The SMILES string of the molecule is CC(C)(C)OC(=O)NCCC(=O)N1CCN(C(=O)c2ccccc2S)CC1. The molecule has 8 heteroatoms. The van der Waals surface area contributed by atoms with Crippen LogP contribution in [0.3, 0.4) is 0 Å². The number of thiol groups is 1. The summed E-state index contributed by atoms with van der Waals surface area (Å²) in [5.74, 6) is -0.118. The third kappa shape index (κ3) is 6.46. The summed E-state index contributed by atoms with van der Waals surface area (Å²) in [6.07, 6.45) is -0.330. The molecule has 148 valence electrons. The number of carbonyl (C=O) groups is 3. The number of benzene rings is 1. The Morgan fingerprint density at radius 3 is 2.26 bits per heavy atom. The number of rotatable bonds is 4.